The molecule has 0 bridgehead atoms. The second-order valence-electron chi connectivity index (χ2n) is 5.89. The number of hydrogen-bond acceptors (Lipinski definition) is 5. The minimum absolute atomic E-state index is 0.0452. The number of ether oxygens (including phenoxy) is 1. The lowest BCUT2D eigenvalue weighted by Gasteiger charge is -2.25. The van der Waals surface area contributed by atoms with E-state index in [1.54, 1.807) is 17.4 Å². The molecule has 4 nitrogen and oxygen atoms in total. The predicted octanol–water partition coefficient (Wildman–Crippen LogP) is 4.35. The van der Waals surface area contributed by atoms with Crippen molar-refractivity contribution in [1.82, 2.24) is 4.98 Å². The van der Waals surface area contributed by atoms with Crippen LogP contribution in [0.3, 0.4) is 0 Å². The Morgan fingerprint density at radius 3 is 2.74 bits per heavy atom. The third kappa shape index (κ3) is 3.55. The van der Waals surface area contributed by atoms with E-state index in [4.69, 9.17) is 9.72 Å². The van der Waals surface area contributed by atoms with E-state index in [0.717, 1.165) is 41.9 Å². The van der Waals surface area contributed by atoms with Gasteiger partial charge in [-0.1, -0.05) is 12.1 Å². The second-order valence-corrected chi connectivity index (χ2v) is 6.78. The number of phenolic OH excluding ortho intramolecular Hbond substituents is 1. The Labute approximate surface area is 140 Å². The zero-order chi connectivity index (χ0) is 16.2. The third-order valence-corrected chi connectivity index (χ3v) is 5.41. The summed E-state index contributed by atoms with van der Waals surface area (Å²) in [5.41, 5.74) is 1.60. The van der Waals surface area contributed by atoms with Gasteiger partial charge in [-0.3, -0.25) is 4.79 Å². The summed E-state index contributed by atoms with van der Waals surface area (Å²) in [5, 5.41) is 13.0. The summed E-state index contributed by atoms with van der Waals surface area (Å²) >= 11 is 1.64. The van der Waals surface area contributed by atoms with E-state index in [9.17, 15) is 9.90 Å². The molecule has 1 aliphatic rings. The van der Waals surface area contributed by atoms with E-state index < -0.39 is 0 Å². The number of nitrogens with zero attached hydrogens (tertiary/aromatic N) is 1. The Morgan fingerprint density at radius 1 is 1.30 bits per heavy atom. The minimum atomic E-state index is -0.0556. The summed E-state index contributed by atoms with van der Waals surface area (Å²) in [4.78, 5) is 16.5. The lowest BCUT2D eigenvalue weighted by atomic mass is 9.82. The molecule has 122 valence electrons. The molecule has 1 heterocycles. The van der Waals surface area contributed by atoms with Crippen LogP contribution in [-0.2, 0) is 9.53 Å². The van der Waals surface area contributed by atoms with Crippen molar-refractivity contribution in [1.29, 1.82) is 0 Å². The number of aromatic nitrogens is 1. The molecule has 0 aliphatic heterocycles. The number of carbonyl (C=O) groups excluding carboxylic acids is 1. The van der Waals surface area contributed by atoms with E-state index >= 15 is 0 Å². The molecule has 0 atom stereocenters. The number of benzene rings is 1. The summed E-state index contributed by atoms with van der Waals surface area (Å²) in [5.74, 6) is 0.657. The normalized spacial score (nSPS) is 21.1. The van der Waals surface area contributed by atoms with Crippen molar-refractivity contribution in [2.45, 2.75) is 38.5 Å². The van der Waals surface area contributed by atoms with Gasteiger partial charge in [0, 0.05) is 16.9 Å². The number of esters is 1. The highest BCUT2D eigenvalue weighted by molar-refractivity contribution is 7.10. The highest BCUT2D eigenvalue weighted by Crippen LogP contribution is 2.39. The first kappa shape index (κ1) is 16.0. The van der Waals surface area contributed by atoms with Crippen molar-refractivity contribution in [3.8, 4) is 17.0 Å². The Morgan fingerprint density at radius 2 is 2.04 bits per heavy atom. The van der Waals surface area contributed by atoms with E-state index in [0.29, 0.717) is 12.5 Å². The van der Waals surface area contributed by atoms with Gasteiger partial charge >= 0.3 is 5.97 Å². The Kier molecular flexibility index (Phi) is 4.96. The van der Waals surface area contributed by atoms with Crippen LogP contribution in [0.4, 0.5) is 0 Å². The number of aromatic hydroxyl groups is 1. The lowest BCUT2D eigenvalue weighted by molar-refractivity contribution is -0.149. The van der Waals surface area contributed by atoms with Crippen LogP contribution in [0.25, 0.3) is 11.3 Å². The van der Waals surface area contributed by atoms with Gasteiger partial charge in [0.25, 0.3) is 0 Å². The van der Waals surface area contributed by atoms with Crippen LogP contribution in [0.1, 0.15) is 43.5 Å². The molecule has 0 spiro atoms. The quantitative estimate of drug-likeness (QED) is 0.846. The molecule has 3 rings (SSSR count). The van der Waals surface area contributed by atoms with Crippen LogP contribution < -0.4 is 0 Å². The summed E-state index contributed by atoms with van der Waals surface area (Å²) in [6.07, 6.45) is 3.68. The standard InChI is InChI=1S/C18H21NO3S/c1-2-22-18(21)13-9-7-12(8-10-13)17-19-15(11-23-17)14-5-3-4-6-16(14)20/h3-6,11-13,20H,2,7-10H2,1H3. The van der Waals surface area contributed by atoms with Crippen molar-refractivity contribution >= 4 is 17.3 Å². The zero-order valence-corrected chi connectivity index (χ0v) is 14.0. The van der Waals surface area contributed by atoms with E-state index in [1.165, 1.54) is 0 Å². The van der Waals surface area contributed by atoms with Crippen molar-refractivity contribution in [2.24, 2.45) is 5.92 Å². The van der Waals surface area contributed by atoms with Crippen LogP contribution in [0.2, 0.25) is 0 Å². The maximum absolute atomic E-state index is 11.8. The van der Waals surface area contributed by atoms with Crippen LogP contribution in [-0.4, -0.2) is 22.7 Å². The predicted molar refractivity (Wildman–Crippen MR) is 90.5 cm³/mol. The van der Waals surface area contributed by atoms with E-state index in [-0.39, 0.29) is 17.6 Å². The number of thiazole rings is 1. The molecule has 1 aromatic carbocycles. The van der Waals surface area contributed by atoms with Crippen molar-refractivity contribution < 1.29 is 14.6 Å². The monoisotopic (exact) mass is 331 g/mol. The number of para-hydroxylation sites is 1. The van der Waals surface area contributed by atoms with Crippen molar-refractivity contribution in [3.05, 3.63) is 34.7 Å². The Balaban J connectivity index is 1.66. The van der Waals surface area contributed by atoms with Gasteiger partial charge in [0.1, 0.15) is 5.75 Å². The van der Waals surface area contributed by atoms with Crippen LogP contribution in [0.5, 0.6) is 5.75 Å². The van der Waals surface area contributed by atoms with Crippen molar-refractivity contribution in [3.63, 3.8) is 0 Å². The van der Waals surface area contributed by atoms with Gasteiger partial charge in [-0.15, -0.1) is 11.3 Å². The van der Waals surface area contributed by atoms with Crippen LogP contribution in [0, 0.1) is 5.92 Å². The van der Waals surface area contributed by atoms with E-state index in [1.807, 2.05) is 30.5 Å². The molecule has 0 radical (unpaired) electrons. The number of hydrogen-bond donors (Lipinski definition) is 1. The minimum Gasteiger partial charge on any atom is -0.507 e. The van der Waals surface area contributed by atoms with Gasteiger partial charge in [-0.2, -0.15) is 0 Å². The number of carbonyl (C=O) groups is 1. The molecule has 0 unspecified atom stereocenters. The van der Waals surface area contributed by atoms with Crippen LogP contribution in [0.15, 0.2) is 29.6 Å². The van der Waals surface area contributed by atoms with Gasteiger partial charge in [0.2, 0.25) is 0 Å². The largest absolute Gasteiger partial charge is 0.507 e. The molecule has 2 aromatic rings. The van der Waals surface area contributed by atoms with Gasteiger partial charge < -0.3 is 9.84 Å². The first-order valence-electron chi connectivity index (χ1n) is 8.09. The van der Waals surface area contributed by atoms with Gasteiger partial charge in [-0.25, -0.2) is 4.98 Å². The molecular formula is C18H21NO3S. The van der Waals surface area contributed by atoms with Crippen molar-refractivity contribution in [2.75, 3.05) is 6.61 Å². The molecule has 1 fully saturated rings. The highest BCUT2D eigenvalue weighted by atomic mass is 32.1. The summed E-state index contributed by atoms with van der Waals surface area (Å²) in [6, 6.07) is 7.27. The SMILES string of the molecule is CCOC(=O)C1CCC(c2nc(-c3ccccc3O)cs2)CC1. The molecule has 1 saturated carbocycles. The van der Waals surface area contributed by atoms with E-state index in [2.05, 4.69) is 0 Å². The first-order valence-corrected chi connectivity index (χ1v) is 8.97. The van der Waals surface area contributed by atoms with Crippen LogP contribution >= 0.6 is 11.3 Å². The third-order valence-electron chi connectivity index (χ3n) is 4.40. The molecule has 0 saturated heterocycles. The molecule has 23 heavy (non-hydrogen) atoms. The lowest BCUT2D eigenvalue weighted by Crippen LogP contribution is -2.23. The Bertz CT molecular complexity index is 674. The first-order chi connectivity index (χ1) is 11.2. The number of rotatable bonds is 4. The average molecular weight is 331 g/mol. The fourth-order valence-corrected chi connectivity index (χ4v) is 4.12. The molecule has 5 heteroatoms. The molecule has 1 aromatic heterocycles. The maximum atomic E-state index is 11.8. The number of phenols is 1. The molecule has 1 aliphatic carbocycles. The van der Waals surface area contributed by atoms with Gasteiger partial charge in [-0.05, 0) is 44.7 Å². The smallest absolute Gasteiger partial charge is 0.308 e. The molecular weight excluding hydrogens is 310 g/mol. The Hall–Kier alpha value is -1.88. The summed E-state index contributed by atoms with van der Waals surface area (Å²) in [6.45, 7) is 2.30. The summed E-state index contributed by atoms with van der Waals surface area (Å²) in [7, 11) is 0. The second kappa shape index (κ2) is 7.13. The summed E-state index contributed by atoms with van der Waals surface area (Å²) < 4.78 is 5.12. The maximum Gasteiger partial charge on any atom is 0.308 e. The zero-order valence-electron chi connectivity index (χ0n) is 13.2. The molecule has 1 N–H and O–H groups in total. The van der Waals surface area contributed by atoms with Gasteiger partial charge in [0.15, 0.2) is 0 Å². The topological polar surface area (TPSA) is 59.4 Å². The molecule has 0 amide bonds. The highest BCUT2D eigenvalue weighted by Gasteiger charge is 2.29. The fraction of sp³-hybridized carbons (Fsp3) is 0.444. The average Bonchev–Trinajstić information content (AvgIpc) is 3.05. The fourth-order valence-electron chi connectivity index (χ4n) is 3.13. The van der Waals surface area contributed by atoms with Gasteiger partial charge in [0.05, 0.1) is 23.2 Å².